The minimum atomic E-state index is 0.418. The van der Waals surface area contributed by atoms with Crippen molar-refractivity contribution in [2.24, 2.45) is 11.7 Å². The second-order valence-corrected chi connectivity index (χ2v) is 4.91. The summed E-state index contributed by atoms with van der Waals surface area (Å²) in [4.78, 5) is 2.66. The van der Waals surface area contributed by atoms with E-state index in [1.54, 1.807) is 0 Å². The molecule has 2 heteroatoms. The van der Waals surface area contributed by atoms with Gasteiger partial charge >= 0.3 is 0 Å². The predicted molar refractivity (Wildman–Crippen MR) is 55.6 cm³/mol. The Morgan fingerprint density at radius 2 is 1.92 bits per heavy atom. The first kappa shape index (κ1) is 9.47. The lowest BCUT2D eigenvalue weighted by atomic mass is 9.78. The van der Waals surface area contributed by atoms with Crippen molar-refractivity contribution >= 4 is 0 Å². The molecule has 0 radical (unpaired) electrons. The normalized spacial score (nSPS) is 47.3. The highest BCUT2D eigenvalue weighted by Gasteiger charge is 2.37. The first-order valence-electron chi connectivity index (χ1n) is 5.71. The highest BCUT2D eigenvalue weighted by Crippen LogP contribution is 2.34. The van der Waals surface area contributed by atoms with Gasteiger partial charge in [-0.3, -0.25) is 4.90 Å². The quantitative estimate of drug-likeness (QED) is 0.667. The lowest BCUT2D eigenvalue weighted by molar-refractivity contribution is 0.0125. The van der Waals surface area contributed by atoms with Gasteiger partial charge in [0.05, 0.1) is 0 Å². The van der Waals surface area contributed by atoms with Gasteiger partial charge in [0.25, 0.3) is 0 Å². The third-order valence-corrected chi connectivity index (χ3v) is 4.10. The third kappa shape index (κ3) is 1.62. The molecular formula is C11H22N2. The van der Waals surface area contributed by atoms with Crippen molar-refractivity contribution in [2.45, 2.75) is 57.7 Å². The van der Waals surface area contributed by atoms with Gasteiger partial charge in [0, 0.05) is 18.1 Å². The lowest BCUT2D eigenvalue weighted by Gasteiger charge is -2.49. The molecule has 2 nitrogen and oxygen atoms in total. The maximum absolute atomic E-state index is 6.09. The van der Waals surface area contributed by atoms with Crippen molar-refractivity contribution in [2.75, 3.05) is 6.54 Å². The summed E-state index contributed by atoms with van der Waals surface area (Å²) in [6, 6.07) is 1.88. The van der Waals surface area contributed by atoms with Gasteiger partial charge in [0.15, 0.2) is 0 Å². The summed E-state index contributed by atoms with van der Waals surface area (Å²) in [5, 5.41) is 0. The summed E-state index contributed by atoms with van der Waals surface area (Å²) < 4.78 is 0. The molecule has 76 valence electrons. The first-order valence-corrected chi connectivity index (χ1v) is 5.71. The van der Waals surface area contributed by atoms with Crippen LogP contribution in [0.5, 0.6) is 0 Å². The van der Waals surface area contributed by atoms with Crippen LogP contribution in [0.4, 0.5) is 0 Å². The third-order valence-electron chi connectivity index (χ3n) is 4.10. The molecule has 4 atom stereocenters. The molecule has 1 aliphatic heterocycles. The van der Waals surface area contributed by atoms with Crippen LogP contribution in [0.15, 0.2) is 0 Å². The molecule has 0 aromatic carbocycles. The Kier molecular flexibility index (Phi) is 2.61. The molecule has 13 heavy (non-hydrogen) atoms. The van der Waals surface area contributed by atoms with E-state index in [1.165, 1.54) is 32.2 Å². The van der Waals surface area contributed by atoms with E-state index < -0.39 is 0 Å². The summed E-state index contributed by atoms with van der Waals surface area (Å²) in [5.74, 6) is 0.910. The van der Waals surface area contributed by atoms with Gasteiger partial charge in [-0.2, -0.15) is 0 Å². The Bertz CT molecular complexity index is 179. The Labute approximate surface area is 81.5 Å². The molecule has 1 heterocycles. The molecule has 2 fully saturated rings. The molecule has 2 aliphatic rings. The van der Waals surface area contributed by atoms with Crippen LogP contribution in [0, 0.1) is 5.92 Å². The van der Waals surface area contributed by atoms with Gasteiger partial charge in [-0.25, -0.2) is 0 Å². The van der Waals surface area contributed by atoms with Crippen LogP contribution < -0.4 is 5.73 Å². The van der Waals surface area contributed by atoms with Crippen LogP contribution in [0.3, 0.4) is 0 Å². The fourth-order valence-corrected chi connectivity index (χ4v) is 2.81. The fraction of sp³-hybridized carbons (Fsp3) is 1.00. The maximum atomic E-state index is 6.09. The van der Waals surface area contributed by atoms with E-state index in [1.807, 2.05) is 0 Å². The van der Waals surface area contributed by atoms with E-state index in [2.05, 4.69) is 18.7 Å². The second kappa shape index (κ2) is 3.58. The zero-order valence-electron chi connectivity index (χ0n) is 8.87. The minimum absolute atomic E-state index is 0.418. The summed E-state index contributed by atoms with van der Waals surface area (Å²) >= 11 is 0. The van der Waals surface area contributed by atoms with E-state index in [0.29, 0.717) is 12.1 Å². The van der Waals surface area contributed by atoms with Crippen LogP contribution in [0.25, 0.3) is 0 Å². The lowest BCUT2D eigenvalue weighted by Crippen LogP contribution is -2.58. The zero-order valence-corrected chi connectivity index (χ0v) is 8.87. The molecular weight excluding hydrogens is 160 g/mol. The first-order chi connectivity index (χ1) is 6.20. The van der Waals surface area contributed by atoms with Crippen molar-refractivity contribution in [3.63, 3.8) is 0 Å². The van der Waals surface area contributed by atoms with Crippen molar-refractivity contribution in [3.05, 3.63) is 0 Å². The fourth-order valence-electron chi connectivity index (χ4n) is 2.81. The minimum Gasteiger partial charge on any atom is -0.326 e. The Morgan fingerprint density at radius 3 is 2.46 bits per heavy atom. The molecule has 0 bridgehead atoms. The average molecular weight is 182 g/mol. The highest BCUT2D eigenvalue weighted by molar-refractivity contribution is 4.93. The predicted octanol–water partition coefficient (Wildman–Crippen LogP) is 1.60. The van der Waals surface area contributed by atoms with Gasteiger partial charge in [0.1, 0.15) is 0 Å². The molecule has 2 N–H and O–H groups in total. The number of hydrogen-bond acceptors (Lipinski definition) is 2. The van der Waals surface area contributed by atoms with Crippen molar-refractivity contribution < 1.29 is 0 Å². The number of nitrogens with two attached hydrogens (primary N) is 1. The average Bonchev–Trinajstić information content (AvgIpc) is 2.10. The van der Waals surface area contributed by atoms with Crippen LogP contribution >= 0.6 is 0 Å². The van der Waals surface area contributed by atoms with Crippen LogP contribution in [-0.4, -0.2) is 29.6 Å². The maximum Gasteiger partial charge on any atom is 0.0221 e. The molecule has 0 aromatic rings. The molecule has 2 rings (SSSR count). The van der Waals surface area contributed by atoms with Gasteiger partial charge in [-0.15, -0.1) is 0 Å². The van der Waals surface area contributed by atoms with Crippen molar-refractivity contribution in [1.82, 2.24) is 4.90 Å². The van der Waals surface area contributed by atoms with Gasteiger partial charge < -0.3 is 5.73 Å². The van der Waals surface area contributed by atoms with Crippen molar-refractivity contribution in [1.29, 1.82) is 0 Å². The van der Waals surface area contributed by atoms with Crippen molar-refractivity contribution in [3.8, 4) is 0 Å². The molecule has 1 saturated carbocycles. The van der Waals surface area contributed by atoms with Gasteiger partial charge in [0.2, 0.25) is 0 Å². The zero-order chi connectivity index (χ0) is 9.42. The monoisotopic (exact) mass is 182 g/mol. The molecule has 0 amide bonds. The summed E-state index contributed by atoms with van der Waals surface area (Å²) in [6.07, 6.45) is 5.34. The highest BCUT2D eigenvalue weighted by atomic mass is 15.2. The summed E-state index contributed by atoms with van der Waals surface area (Å²) in [6.45, 7) is 5.96. The Balaban J connectivity index is 1.97. The molecule has 0 aromatic heterocycles. The molecule has 1 saturated heterocycles. The smallest absolute Gasteiger partial charge is 0.0221 e. The standard InChI is InChI=1S/C11H22N2/c1-8-5-6-11(8)13-7-3-4-10(12)9(13)2/h8-11H,3-7,12H2,1-2H3. The number of likely N-dealkylation sites (tertiary alicyclic amines) is 1. The van der Waals surface area contributed by atoms with E-state index >= 15 is 0 Å². The topological polar surface area (TPSA) is 29.3 Å². The number of hydrogen-bond donors (Lipinski definition) is 1. The number of rotatable bonds is 1. The molecule has 0 spiro atoms. The second-order valence-electron chi connectivity index (χ2n) is 4.91. The number of nitrogens with zero attached hydrogens (tertiary/aromatic N) is 1. The molecule has 4 unspecified atom stereocenters. The van der Waals surface area contributed by atoms with E-state index in [-0.39, 0.29) is 0 Å². The van der Waals surface area contributed by atoms with Gasteiger partial charge in [-0.05, 0) is 45.1 Å². The summed E-state index contributed by atoms with van der Waals surface area (Å²) in [5.41, 5.74) is 6.09. The van der Waals surface area contributed by atoms with E-state index in [0.717, 1.165) is 12.0 Å². The van der Waals surface area contributed by atoms with Crippen LogP contribution in [0.2, 0.25) is 0 Å². The largest absolute Gasteiger partial charge is 0.326 e. The Morgan fingerprint density at radius 1 is 1.15 bits per heavy atom. The van der Waals surface area contributed by atoms with Gasteiger partial charge in [-0.1, -0.05) is 6.92 Å². The van der Waals surface area contributed by atoms with Crippen LogP contribution in [0.1, 0.15) is 39.5 Å². The Hall–Kier alpha value is -0.0800. The van der Waals surface area contributed by atoms with E-state index in [4.69, 9.17) is 5.73 Å². The number of piperidine rings is 1. The SMILES string of the molecule is CC1CCC1N1CCCC(N)C1C. The summed E-state index contributed by atoms with van der Waals surface area (Å²) in [7, 11) is 0. The van der Waals surface area contributed by atoms with E-state index in [9.17, 15) is 0 Å². The van der Waals surface area contributed by atoms with Crippen LogP contribution in [-0.2, 0) is 0 Å². The molecule has 1 aliphatic carbocycles.